The van der Waals surface area contributed by atoms with Crippen LogP contribution in [0.1, 0.15) is 40.1 Å². The summed E-state index contributed by atoms with van der Waals surface area (Å²) in [6.07, 6.45) is 0. The zero-order valence-electron chi connectivity index (χ0n) is 13.0. The van der Waals surface area contributed by atoms with Crippen LogP contribution in [-0.4, -0.2) is 18.4 Å². The summed E-state index contributed by atoms with van der Waals surface area (Å²) in [6.45, 7) is 4.02. The molecule has 2 aromatic rings. The second-order valence-corrected chi connectivity index (χ2v) is 5.76. The van der Waals surface area contributed by atoms with E-state index in [9.17, 15) is 9.59 Å². The van der Waals surface area contributed by atoms with E-state index in [1.807, 2.05) is 12.1 Å². The van der Waals surface area contributed by atoms with Crippen molar-refractivity contribution < 1.29 is 19.1 Å². The minimum atomic E-state index is -0.330. The van der Waals surface area contributed by atoms with Gasteiger partial charge in [0.05, 0.1) is 12.2 Å². The van der Waals surface area contributed by atoms with Crippen LogP contribution in [0.25, 0.3) is 0 Å². The van der Waals surface area contributed by atoms with Gasteiger partial charge in [0.25, 0.3) is 0 Å². The number of hydrogen-bond acceptors (Lipinski definition) is 4. The summed E-state index contributed by atoms with van der Waals surface area (Å²) in [5.41, 5.74) is 2.07. The highest BCUT2D eigenvalue weighted by Gasteiger charge is 2.08. The van der Waals surface area contributed by atoms with Gasteiger partial charge in [-0.1, -0.05) is 12.1 Å². The largest absolute Gasteiger partial charge is 0.489 e. The molecule has 2 rings (SSSR count). The third kappa shape index (κ3) is 4.66. The number of hydrogen-bond donors (Lipinski definition) is 0. The molecule has 0 atom stereocenters. The lowest BCUT2D eigenvalue weighted by molar-refractivity contribution is 0.0526. The van der Waals surface area contributed by atoms with E-state index in [2.05, 4.69) is 15.9 Å². The van der Waals surface area contributed by atoms with Crippen molar-refractivity contribution in [3.63, 3.8) is 0 Å². The SMILES string of the molecule is CCOC(=O)c1ccc(COc2ccc(C(C)=O)c(Br)c2)cc1. The fourth-order valence-corrected chi connectivity index (χ4v) is 2.63. The van der Waals surface area contributed by atoms with Crippen molar-refractivity contribution >= 4 is 27.7 Å². The van der Waals surface area contributed by atoms with Crippen LogP contribution >= 0.6 is 15.9 Å². The maximum Gasteiger partial charge on any atom is 0.338 e. The van der Waals surface area contributed by atoms with Crippen LogP contribution in [0.15, 0.2) is 46.9 Å². The highest BCUT2D eigenvalue weighted by molar-refractivity contribution is 9.10. The molecule has 0 spiro atoms. The van der Waals surface area contributed by atoms with E-state index < -0.39 is 0 Å². The molecule has 0 radical (unpaired) electrons. The maximum atomic E-state index is 11.6. The molecule has 120 valence electrons. The van der Waals surface area contributed by atoms with Crippen LogP contribution in [0.2, 0.25) is 0 Å². The number of ketones is 1. The minimum absolute atomic E-state index is 0.00187. The lowest BCUT2D eigenvalue weighted by atomic mass is 10.1. The summed E-state index contributed by atoms with van der Waals surface area (Å²) >= 11 is 3.36. The lowest BCUT2D eigenvalue weighted by Gasteiger charge is -2.09. The molecule has 23 heavy (non-hydrogen) atoms. The van der Waals surface area contributed by atoms with E-state index in [-0.39, 0.29) is 11.8 Å². The molecule has 0 saturated heterocycles. The van der Waals surface area contributed by atoms with Crippen molar-refractivity contribution in [1.82, 2.24) is 0 Å². The Kier molecular flexibility index (Phi) is 5.93. The molecule has 0 N–H and O–H groups in total. The number of esters is 1. The Balaban J connectivity index is 1.99. The molecular weight excluding hydrogens is 360 g/mol. The van der Waals surface area contributed by atoms with Crippen LogP contribution in [0.4, 0.5) is 0 Å². The van der Waals surface area contributed by atoms with Gasteiger partial charge < -0.3 is 9.47 Å². The molecule has 0 aliphatic rings. The molecule has 0 saturated carbocycles. The summed E-state index contributed by atoms with van der Waals surface area (Å²) in [4.78, 5) is 23.0. The first-order valence-corrected chi connectivity index (χ1v) is 8.00. The van der Waals surface area contributed by atoms with Gasteiger partial charge in [0.1, 0.15) is 12.4 Å². The Bertz CT molecular complexity index is 707. The van der Waals surface area contributed by atoms with E-state index in [4.69, 9.17) is 9.47 Å². The fourth-order valence-electron chi connectivity index (χ4n) is 1.99. The average molecular weight is 377 g/mol. The topological polar surface area (TPSA) is 52.6 Å². The Labute approximate surface area is 143 Å². The first-order valence-electron chi connectivity index (χ1n) is 7.20. The van der Waals surface area contributed by atoms with Crippen LogP contribution in [0.5, 0.6) is 5.75 Å². The zero-order valence-corrected chi connectivity index (χ0v) is 14.6. The highest BCUT2D eigenvalue weighted by Crippen LogP contribution is 2.24. The standard InChI is InChI=1S/C18H17BrO4/c1-3-22-18(21)14-6-4-13(5-7-14)11-23-15-8-9-16(12(2)20)17(19)10-15/h4-10H,3,11H2,1-2H3. The third-order valence-corrected chi connectivity index (χ3v) is 3.85. The van der Waals surface area contributed by atoms with Crippen LogP contribution < -0.4 is 4.74 Å². The van der Waals surface area contributed by atoms with Crippen molar-refractivity contribution in [2.24, 2.45) is 0 Å². The van der Waals surface area contributed by atoms with E-state index in [1.54, 1.807) is 37.3 Å². The van der Waals surface area contributed by atoms with E-state index in [1.165, 1.54) is 6.92 Å². The highest BCUT2D eigenvalue weighted by atomic mass is 79.9. The predicted molar refractivity (Wildman–Crippen MR) is 90.9 cm³/mol. The Hall–Kier alpha value is -2.14. The van der Waals surface area contributed by atoms with E-state index in [0.29, 0.717) is 34.6 Å². The van der Waals surface area contributed by atoms with Gasteiger partial charge in [-0.3, -0.25) is 4.79 Å². The molecule has 0 bridgehead atoms. The van der Waals surface area contributed by atoms with Gasteiger partial charge in [-0.2, -0.15) is 0 Å². The predicted octanol–water partition coefficient (Wildman–Crippen LogP) is 4.41. The van der Waals surface area contributed by atoms with Gasteiger partial charge >= 0.3 is 5.97 Å². The normalized spacial score (nSPS) is 10.2. The number of rotatable bonds is 6. The Morgan fingerprint density at radius 1 is 1.09 bits per heavy atom. The van der Waals surface area contributed by atoms with Crippen molar-refractivity contribution in [1.29, 1.82) is 0 Å². The smallest absolute Gasteiger partial charge is 0.338 e. The van der Waals surface area contributed by atoms with Crippen molar-refractivity contribution in [3.8, 4) is 5.75 Å². The zero-order chi connectivity index (χ0) is 16.8. The number of carbonyl (C=O) groups excluding carboxylic acids is 2. The van der Waals surface area contributed by atoms with Crippen molar-refractivity contribution in [2.75, 3.05) is 6.61 Å². The molecule has 5 heteroatoms. The lowest BCUT2D eigenvalue weighted by Crippen LogP contribution is -2.05. The number of Topliss-reactive ketones (excluding diaryl/α,β-unsaturated/α-hetero) is 1. The Morgan fingerprint density at radius 3 is 2.35 bits per heavy atom. The number of carbonyl (C=O) groups is 2. The molecule has 0 unspecified atom stereocenters. The summed E-state index contributed by atoms with van der Waals surface area (Å²) in [6, 6.07) is 12.3. The molecular formula is C18H17BrO4. The second-order valence-electron chi connectivity index (χ2n) is 4.90. The Morgan fingerprint density at radius 2 is 1.78 bits per heavy atom. The quantitative estimate of drug-likeness (QED) is 0.553. The molecule has 0 aliphatic heterocycles. The molecule has 0 heterocycles. The van der Waals surface area contributed by atoms with Crippen LogP contribution in [-0.2, 0) is 11.3 Å². The molecule has 0 amide bonds. The maximum absolute atomic E-state index is 11.6. The van der Waals surface area contributed by atoms with Crippen LogP contribution in [0, 0.1) is 0 Å². The minimum Gasteiger partial charge on any atom is -0.489 e. The molecule has 4 nitrogen and oxygen atoms in total. The monoisotopic (exact) mass is 376 g/mol. The first-order chi connectivity index (χ1) is 11.0. The van der Waals surface area contributed by atoms with Crippen LogP contribution in [0.3, 0.4) is 0 Å². The average Bonchev–Trinajstić information content (AvgIpc) is 2.53. The third-order valence-electron chi connectivity index (χ3n) is 3.19. The molecule has 0 fully saturated rings. The van der Waals surface area contributed by atoms with Gasteiger partial charge in [-0.05, 0) is 65.7 Å². The van der Waals surface area contributed by atoms with Crippen molar-refractivity contribution in [2.45, 2.75) is 20.5 Å². The summed E-state index contributed by atoms with van der Waals surface area (Å²) in [5, 5.41) is 0. The first kappa shape index (κ1) is 17.2. The van der Waals surface area contributed by atoms with Gasteiger partial charge in [-0.25, -0.2) is 4.79 Å². The van der Waals surface area contributed by atoms with E-state index in [0.717, 1.165) is 5.56 Å². The summed E-state index contributed by atoms with van der Waals surface area (Å²) in [7, 11) is 0. The molecule has 2 aromatic carbocycles. The van der Waals surface area contributed by atoms with Gasteiger partial charge in [-0.15, -0.1) is 0 Å². The molecule has 0 aliphatic carbocycles. The number of ether oxygens (including phenoxy) is 2. The second kappa shape index (κ2) is 7.92. The summed E-state index contributed by atoms with van der Waals surface area (Å²) < 4.78 is 11.3. The van der Waals surface area contributed by atoms with Gasteiger partial charge in [0, 0.05) is 10.0 Å². The number of benzene rings is 2. The van der Waals surface area contributed by atoms with E-state index >= 15 is 0 Å². The summed E-state index contributed by atoms with van der Waals surface area (Å²) in [5.74, 6) is 0.332. The molecule has 0 aromatic heterocycles. The number of halogens is 1. The van der Waals surface area contributed by atoms with Gasteiger partial charge in [0.15, 0.2) is 5.78 Å². The van der Waals surface area contributed by atoms with Gasteiger partial charge in [0.2, 0.25) is 0 Å². The van der Waals surface area contributed by atoms with Crippen molar-refractivity contribution in [3.05, 3.63) is 63.6 Å². The fraction of sp³-hybridized carbons (Fsp3) is 0.222.